The minimum atomic E-state index is -5.01. The van der Waals surface area contributed by atoms with Gasteiger partial charge in [0.25, 0.3) is 40.5 Å². The molecule has 0 aliphatic heterocycles. The number of nitrogens with two attached hydrogens (primary N) is 1. The van der Waals surface area contributed by atoms with Crippen molar-refractivity contribution >= 4 is 101 Å². The molecule has 6 aromatic rings. The van der Waals surface area contributed by atoms with E-state index >= 15 is 0 Å². The number of rotatable bonds is 8. The quantitative estimate of drug-likeness (QED) is 0.0530. The van der Waals surface area contributed by atoms with Gasteiger partial charge in [0.2, 0.25) is 0 Å². The van der Waals surface area contributed by atoms with Crippen LogP contribution in [0.15, 0.2) is 119 Å². The lowest BCUT2D eigenvalue weighted by Crippen LogP contribution is -2.00. The molecule has 0 saturated heterocycles. The minimum Gasteiger partial charge on any atom is -0.507 e. The summed E-state index contributed by atoms with van der Waals surface area (Å²) in [6.45, 7) is 0. The first-order valence-electron chi connectivity index (χ1n) is 14.2. The van der Waals surface area contributed by atoms with Crippen molar-refractivity contribution in [3.05, 3.63) is 78.9 Å². The van der Waals surface area contributed by atoms with E-state index in [4.69, 9.17) is 5.73 Å². The second kappa shape index (κ2) is 12.8. The van der Waals surface area contributed by atoms with E-state index in [9.17, 15) is 62.1 Å². The highest BCUT2D eigenvalue weighted by atomic mass is 32.2. The van der Waals surface area contributed by atoms with E-state index in [0.29, 0.717) is 6.07 Å². The lowest BCUT2D eigenvalue weighted by atomic mass is 10.1. The number of nitrogens with zero attached hydrogens (tertiary/aromatic N) is 4. The van der Waals surface area contributed by atoms with Gasteiger partial charge in [-0.3, -0.25) is 18.2 Å². The number of phenolic OH excluding ortho intramolecular Hbond substituents is 2. The summed E-state index contributed by atoms with van der Waals surface area (Å²) >= 11 is 0. The van der Waals surface area contributed by atoms with Gasteiger partial charge in [-0.05, 0) is 71.4 Å². The monoisotopic (exact) mass is 803 g/mol. The molecule has 8 N–H and O–H groups in total. The summed E-state index contributed by atoms with van der Waals surface area (Å²) in [7, 11) is -19.7. The highest BCUT2D eigenvalue weighted by Crippen LogP contribution is 2.44. The third-order valence-electron chi connectivity index (χ3n) is 7.67. The van der Waals surface area contributed by atoms with E-state index < -0.39 is 82.9 Å². The van der Waals surface area contributed by atoms with Crippen molar-refractivity contribution in [2.45, 2.75) is 19.6 Å². The van der Waals surface area contributed by atoms with Crippen LogP contribution < -0.4 is 5.73 Å². The van der Waals surface area contributed by atoms with Crippen LogP contribution >= 0.6 is 0 Å². The van der Waals surface area contributed by atoms with E-state index in [1.54, 1.807) is 0 Å². The Balaban J connectivity index is 1.56. The third-order valence-corrected chi connectivity index (χ3v) is 11.0. The number of nitrogen functional groups attached to an aromatic ring is 1. The van der Waals surface area contributed by atoms with Gasteiger partial charge in [0.05, 0.1) is 37.1 Å². The molecule has 0 aliphatic carbocycles. The van der Waals surface area contributed by atoms with Crippen molar-refractivity contribution in [3.63, 3.8) is 0 Å². The largest absolute Gasteiger partial charge is 0.507 e. The zero-order valence-corrected chi connectivity index (χ0v) is 29.2. The number of anilines is 1. The summed E-state index contributed by atoms with van der Waals surface area (Å²) in [6.07, 6.45) is 0. The Hall–Kier alpha value is -5.66. The fourth-order valence-electron chi connectivity index (χ4n) is 5.29. The number of phenols is 2. The maximum absolute atomic E-state index is 12.3. The lowest BCUT2D eigenvalue weighted by Gasteiger charge is -2.10. The number of aromatic hydroxyl groups is 2. The van der Waals surface area contributed by atoms with Gasteiger partial charge in [0.1, 0.15) is 16.3 Å². The fraction of sp³-hybridized carbons (Fsp3) is 0. The molecular weight excluding hydrogens is 783 g/mol. The Kier molecular flexibility index (Phi) is 8.95. The van der Waals surface area contributed by atoms with Gasteiger partial charge in [-0.2, -0.15) is 33.7 Å². The number of azo groups is 2. The van der Waals surface area contributed by atoms with Crippen LogP contribution in [-0.2, 0) is 40.5 Å². The second-order valence-corrected chi connectivity index (χ2v) is 16.8. The second-order valence-electron chi connectivity index (χ2n) is 11.1. The smallest absolute Gasteiger partial charge is 0.296 e. The first-order valence-corrected chi connectivity index (χ1v) is 19.9. The van der Waals surface area contributed by atoms with Crippen LogP contribution in [0.1, 0.15) is 0 Å². The van der Waals surface area contributed by atoms with E-state index in [-0.39, 0.29) is 49.4 Å². The Morgan fingerprint density at radius 1 is 0.472 bits per heavy atom. The number of fused-ring (bicyclic) bond motifs is 3. The standard InChI is InChI=1S/C30H21N5O14S4/c31-16-2-1-14-9-27(53(47,48)49)29(30(37)21(14)10-16)35-33-24-6-5-23(20-4-3-17(11-22(20)24)50(38,39)40)32-34-25-12-18(51(41,42)43)7-15-8-19(52(44,45)46)13-26(36)28(15)25/h1-13,36-37H,31H2,(H,38,39,40)(H,41,42,43)(H,44,45,46)(H,47,48,49). The predicted molar refractivity (Wildman–Crippen MR) is 187 cm³/mol. The zero-order chi connectivity index (χ0) is 38.8. The molecular formula is C30H21N5O14S4. The molecule has 23 heteroatoms. The average molecular weight is 804 g/mol. The van der Waals surface area contributed by atoms with E-state index in [1.165, 1.54) is 30.3 Å². The summed E-state index contributed by atoms with van der Waals surface area (Å²) in [5, 5.41) is 37.1. The summed E-state index contributed by atoms with van der Waals surface area (Å²) in [6, 6.07) is 13.7. The fourth-order valence-corrected chi connectivity index (χ4v) is 7.53. The molecule has 0 fully saturated rings. The summed E-state index contributed by atoms with van der Waals surface area (Å²) in [5.74, 6) is -1.51. The van der Waals surface area contributed by atoms with Gasteiger partial charge in [-0.15, -0.1) is 20.5 Å². The van der Waals surface area contributed by atoms with Crippen LogP contribution in [0.4, 0.5) is 28.4 Å². The highest BCUT2D eigenvalue weighted by molar-refractivity contribution is 7.86. The Labute approximate surface area is 298 Å². The van der Waals surface area contributed by atoms with Crippen molar-refractivity contribution in [1.29, 1.82) is 0 Å². The summed E-state index contributed by atoms with van der Waals surface area (Å²) < 4.78 is 135. The topological polar surface area (TPSA) is 333 Å². The molecule has 274 valence electrons. The molecule has 0 amide bonds. The van der Waals surface area contributed by atoms with Crippen LogP contribution in [0.2, 0.25) is 0 Å². The maximum atomic E-state index is 12.3. The van der Waals surface area contributed by atoms with Crippen LogP contribution in [0, 0.1) is 0 Å². The van der Waals surface area contributed by atoms with Gasteiger partial charge in [-0.25, -0.2) is 0 Å². The third kappa shape index (κ3) is 7.35. The minimum absolute atomic E-state index is 0.0382. The average Bonchev–Trinajstić information content (AvgIpc) is 3.05. The van der Waals surface area contributed by atoms with Gasteiger partial charge in [-0.1, -0.05) is 12.1 Å². The van der Waals surface area contributed by atoms with E-state index in [2.05, 4.69) is 20.5 Å². The van der Waals surface area contributed by atoms with Crippen molar-refractivity contribution < 1.29 is 62.1 Å². The summed E-state index contributed by atoms with van der Waals surface area (Å²) in [4.78, 5) is -3.08. The molecule has 0 radical (unpaired) electrons. The molecule has 0 spiro atoms. The van der Waals surface area contributed by atoms with E-state index in [0.717, 1.165) is 42.5 Å². The van der Waals surface area contributed by atoms with E-state index in [1.807, 2.05) is 0 Å². The van der Waals surface area contributed by atoms with Gasteiger partial charge >= 0.3 is 0 Å². The molecule has 6 rings (SSSR count). The molecule has 6 aromatic carbocycles. The van der Waals surface area contributed by atoms with Gasteiger partial charge in [0, 0.05) is 27.9 Å². The Morgan fingerprint density at radius 2 is 1.04 bits per heavy atom. The number of benzene rings is 6. The Morgan fingerprint density at radius 3 is 1.64 bits per heavy atom. The van der Waals surface area contributed by atoms with Crippen LogP contribution in [0.25, 0.3) is 32.3 Å². The summed E-state index contributed by atoms with van der Waals surface area (Å²) in [5.41, 5.74) is 4.56. The zero-order valence-electron chi connectivity index (χ0n) is 26.0. The molecule has 53 heavy (non-hydrogen) atoms. The SMILES string of the molecule is Nc1ccc2cc(S(=O)(=O)O)c(N=Nc3ccc(N=Nc4cc(S(=O)(=O)O)cc5cc(S(=O)(=O)O)cc(O)c45)c4ccc(S(=O)(=O)O)cc34)c(O)c2c1. The van der Waals surface area contributed by atoms with Crippen molar-refractivity contribution in [2.24, 2.45) is 20.5 Å². The van der Waals surface area contributed by atoms with Crippen molar-refractivity contribution in [2.75, 3.05) is 5.73 Å². The Bertz CT molecular complexity index is 3090. The molecule has 0 aliphatic rings. The molecule has 0 heterocycles. The molecule has 0 atom stereocenters. The van der Waals surface area contributed by atoms with Crippen molar-refractivity contribution in [3.8, 4) is 11.5 Å². The predicted octanol–water partition coefficient (Wildman–Crippen LogP) is 5.96. The van der Waals surface area contributed by atoms with Crippen LogP contribution in [0.3, 0.4) is 0 Å². The number of hydrogen-bond acceptors (Lipinski definition) is 15. The van der Waals surface area contributed by atoms with Crippen LogP contribution in [-0.4, -0.2) is 62.1 Å². The lowest BCUT2D eigenvalue weighted by molar-refractivity contribution is 0.470. The molecule has 0 aromatic heterocycles. The molecule has 0 bridgehead atoms. The van der Waals surface area contributed by atoms with Crippen molar-refractivity contribution in [1.82, 2.24) is 0 Å². The molecule has 0 unspecified atom stereocenters. The van der Waals surface area contributed by atoms with Crippen LogP contribution in [0.5, 0.6) is 11.5 Å². The molecule has 19 nitrogen and oxygen atoms in total. The highest BCUT2D eigenvalue weighted by Gasteiger charge is 2.23. The normalized spacial score (nSPS) is 13.2. The number of hydrogen-bond donors (Lipinski definition) is 7. The maximum Gasteiger partial charge on any atom is 0.296 e. The van der Waals surface area contributed by atoms with Gasteiger partial charge < -0.3 is 15.9 Å². The van der Waals surface area contributed by atoms with Gasteiger partial charge in [0.15, 0.2) is 5.75 Å². The first kappa shape index (κ1) is 37.1. The first-order chi connectivity index (χ1) is 24.5. The molecule has 0 saturated carbocycles.